The smallest absolute Gasteiger partial charge is 0.386 e. The Hall–Kier alpha value is -1.89. The van der Waals surface area contributed by atoms with Gasteiger partial charge in [-0.1, -0.05) is 19.1 Å². The number of rotatable bonds is 5. The number of Topliss-reactive ketones (excluding diaryl/α,β-unsaturated/α-hetero) is 1. The van der Waals surface area contributed by atoms with Gasteiger partial charge in [0.15, 0.2) is 0 Å². The third kappa shape index (κ3) is 4.10. The summed E-state index contributed by atoms with van der Waals surface area (Å²) in [6.07, 6.45) is -4.72. The molecule has 1 aromatic carbocycles. The minimum atomic E-state index is -4.43. The van der Waals surface area contributed by atoms with Gasteiger partial charge in [0.2, 0.25) is 5.91 Å². The molecule has 126 valence electrons. The van der Waals surface area contributed by atoms with Gasteiger partial charge < -0.3 is 10.4 Å². The van der Waals surface area contributed by atoms with Crippen LogP contribution < -0.4 is 5.32 Å². The highest BCUT2D eigenvalue weighted by Crippen LogP contribution is 2.31. The third-order valence-electron chi connectivity index (χ3n) is 4.05. The lowest BCUT2D eigenvalue weighted by molar-refractivity contribution is -0.138. The molecule has 2 unspecified atom stereocenters. The van der Waals surface area contributed by atoms with E-state index in [4.69, 9.17) is 0 Å². The molecule has 1 fully saturated rings. The summed E-state index contributed by atoms with van der Waals surface area (Å²) in [6.45, 7) is 1.75. The molecule has 2 rings (SSSR count). The Balaban J connectivity index is 2.02. The van der Waals surface area contributed by atoms with E-state index in [1.165, 1.54) is 12.1 Å². The van der Waals surface area contributed by atoms with Gasteiger partial charge in [0, 0.05) is 12.8 Å². The molecule has 0 aromatic heterocycles. The van der Waals surface area contributed by atoms with Crippen LogP contribution in [0.3, 0.4) is 0 Å². The number of carbonyl (C=O) groups is 2. The zero-order chi connectivity index (χ0) is 17.2. The van der Waals surface area contributed by atoms with Gasteiger partial charge in [-0.2, -0.15) is 13.2 Å². The van der Waals surface area contributed by atoms with E-state index in [0.717, 1.165) is 12.1 Å². The van der Waals surface area contributed by atoms with Crippen molar-refractivity contribution in [1.82, 2.24) is 5.32 Å². The summed E-state index contributed by atoms with van der Waals surface area (Å²) in [5.74, 6) is -0.639. The van der Waals surface area contributed by atoms with Gasteiger partial charge in [-0.25, -0.2) is 0 Å². The van der Waals surface area contributed by atoms with Gasteiger partial charge in [-0.3, -0.25) is 9.59 Å². The fraction of sp³-hybridized carbons (Fsp3) is 0.500. The largest absolute Gasteiger partial charge is 0.416 e. The second kappa shape index (κ2) is 6.70. The highest BCUT2D eigenvalue weighted by molar-refractivity contribution is 5.96. The number of carbonyl (C=O) groups excluding carboxylic acids is 2. The number of amides is 1. The number of hydrogen-bond acceptors (Lipinski definition) is 3. The van der Waals surface area contributed by atoms with Gasteiger partial charge in [-0.05, 0) is 24.1 Å². The highest BCUT2D eigenvalue weighted by atomic mass is 19.4. The van der Waals surface area contributed by atoms with E-state index in [-0.39, 0.29) is 30.4 Å². The lowest BCUT2D eigenvalue weighted by atomic mass is 9.83. The van der Waals surface area contributed by atoms with E-state index in [9.17, 15) is 27.9 Å². The van der Waals surface area contributed by atoms with Gasteiger partial charge in [-0.15, -0.1) is 0 Å². The maximum absolute atomic E-state index is 12.5. The topological polar surface area (TPSA) is 66.4 Å². The Morgan fingerprint density at radius 2 is 1.87 bits per heavy atom. The summed E-state index contributed by atoms with van der Waals surface area (Å²) < 4.78 is 37.6. The fourth-order valence-electron chi connectivity index (χ4n) is 2.48. The van der Waals surface area contributed by atoms with Crippen molar-refractivity contribution < 1.29 is 27.9 Å². The van der Waals surface area contributed by atoms with Crippen LogP contribution in [0, 0.1) is 5.92 Å². The van der Waals surface area contributed by atoms with Crippen LogP contribution in [0.2, 0.25) is 0 Å². The predicted molar refractivity (Wildman–Crippen MR) is 76.4 cm³/mol. The van der Waals surface area contributed by atoms with Crippen molar-refractivity contribution in [3.05, 3.63) is 35.4 Å². The van der Waals surface area contributed by atoms with Crippen molar-refractivity contribution >= 4 is 11.7 Å². The van der Waals surface area contributed by atoms with Crippen molar-refractivity contribution in [2.75, 3.05) is 0 Å². The van der Waals surface area contributed by atoms with Crippen molar-refractivity contribution in [2.24, 2.45) is 5.92 Å². The molecule has 23 heavy (non-hydrogen) atoms. The first-order valence-electron chi connectivity index (χ1n) is 7.39. The number of benzene rings is 1. The second-order valence-corrected chi connectivity index (χ2v) is 5.73. The first kappa shape index (κ1) is 17.5. The Bertz CT molecular complexity index is 575. The molecule has 2 atom stereocenters. The molecular formula is C16H18F3NO3. The van der Waals surface area contributed by atoms with Crippen molar-refractivity contribution in [2.45, 2.75) is 44.5 Å². The van der Waals surface area contributed by atoms with Crippen LogP contribution in [-0.4, -0.2) is 22.8 Å². The highest BCUT2D eigenvalue weighted by Gasteiger charge is 2.35. The zero-order valence-corrected chi connectivity index (χ0v) is 12.6. The summed E-state index contributed by atoms with van der Waals surface area (Å²) in [7, 11) is 0. The molecule has 0 spiro atoms. The molecule has 0 bridgehead atoms. The summed E-state index contributed by atoms with van der Waals surface area (Å²) in [6, 6.07) is 3.59. The number of hydrogen-bond donors (Lipinski definition) is 2. The molecule has 1 aliphatic carbocycles. The molecule has 0 radical (unpaired) electrons. The maximum Gasteiger partial charge on any atom is 0.416 e. The van der Waals surface area contributed by atoms with Crippen LogP contribution in [0.15, 0.2) is 24.3 Å². The number of halogens is 3. The minimum Gasteiger partial charge on any atom is -0.386 e. The summed E-state index contributed by atoms with van der Waals surface area (Å²) in [5.41, 5.74) is -0.492. The van der Waals surface area contributed by atoms with Crippen LogP contribution in [0.4, 0.5) is 13.2 Å². The molecule has 1 saturated carbocycles. The quantitative estimate of drug-likeness (QED) is 0.873. The number of nitrogens with one attached hydrogen (secondary N) is 1. The van der Waals surface area contributed by atoms with Crippen LogP contribution in [0.1, 0.15) is 43.4 Å². The Kier molecular flexibility index (Phi) is 5.09. The van der Waals surface area contributed by atoms with Gasteiger partial charge in [0.25, 0.3) is 0 Å². The molecule has 2 N–H and O–H groups in total. The average Bonchev–Trinajstić information content (AvgIpc) is 2.48. The Morgan fingerprint density at radius 3 is 2.30 bits per heavy atom. The standard InChI is InChI=1S/C16H18F3NO3/c1-2-13(20-15(23)10-7-12(21)8-10)14(22)9-3-5-11(6-4-9)16(17,18)19/h3-6,10,13-14,22H,2,7-8H2,1H3,(H,20,23). The molecule has 4 nitrogen and oxygen atoms in total. The van der Waals surface area contributed by atoms with E-state index in [2.05, 4.69) is 5.32 Å². The zero-order valence-electron chi connectivity index (χ0n) is 12.6. The number of alkyl halides is 3. The van der Waals surface area contributed by atoms with E-state index < -0.39 is 23.9 Å². The van der Waals surface area contributed by atoms with E-state index >= 15 is 0 Å². The first-order chi connectivity index (χ1) is 10.7. The van der Waals surface area contributed by atoms with Crippen molar-refractivity contribution in [3.63, 3.8) is 0 Å². The van der Waals surface area contributed by atoms with Crippen LogP contribution >= 0.6 is 0 Å². The average molecular weight is 329 g/mol. The summed E-state index contributed by atoms with van der Waals surface area (Å²) in [4.78, 5) is 22.9. The normalized spacial score (nSPS) is 18.2. The fourth-order valence-corrected chi connectivity index (χ4v) is 2.48. The van der Waals surface area contributed by atoms with Gasteiger partial charge in [0.1, 0.15) is 5.78 Å². The number of aliphatic hydroxyl groups is 1. The van der Waals surface area contributed by atoms with Crippen LogP contribution in [0.25, 0.3) is 0 Å². The van der Waals surface area contributed by atoms with E-state index in [0.29, 0.717) is 12.0 Å². The molecule has 1 aliphatic rings. The Morgan fingerprint density at radius 1 is 1.30 bits per heavy atom. The predicted octanol–water partition coefficient (Wildman–Crippen LogP) is 2.61. The maximum atomic E-state index is 12.5. The molecule has 0 saturated heterocycles. The van der Waals surface area contributed by atoms with Crippen molar-refractivity contribution in [3.8, 4) is 0 Å². The van der Waals surface area contributed by atoms with Gasteiger partial charge >= 0.3 is 6.18 Å². The third-order valence-corrected chi connectivity index (χ3v) is 4.05. The lowest BCUT2D eigenvalue weighted by Gasteiger charge is -2.28. The van der Waals surface area contributed by atoms with Gasteiger partial charge in [0.05, 0.1) is 23.6 Å². The molecule has 1 aromatic rings. The second-order valence-electron chi connectivity index (χ2n) is 5.73. The summed E-state index contributed by atoms with van der Waals surface area (Å²) >= 11 is 0. The SMILES string of the molecule is CCC(NC(=O)C1CC(=O)C1)C(O)c1ccc(C(F)(F)F)cc1. The lowest BCUT2D eigenvalue weighted by Crippen LogP contribution is -2.45. The van der Waals surface area contributed by atoms with Crippen molar-refractivity contribution in [1.29, 1.82) is 0 Å². The monoisotopic (exact) mass is 329 g/mol. The minimum absolute atomic E-state index is 0.0292. The number of aliphatic hydroxyl groups excluding tert-OH is 1. The molecule has 1 amide bonds. The van der Waals surface area contributed by atoms with Crippen LogP contribution in [0.5, 0.6) is 0 Å². The van der Waals surface area contributed by atoms with E-state index in [1.54, 1.807) is 6.92 Å². The summed E-state index contributed by atoms with van der Waals surface area (Å²) in [5, 5.41) is 13.0. The molecule has 0 heterocycles. The van der Waals surface area contributed by atoms with Crippen LogP contribution in [-0.2, 0) is 15.8 Å². The molecular weight excluding hydrogens is 311 g/mol. The number of ketones is 1. The molecule has 0 aliphatic heterocycles. The first-order valence-corrected chi connectivity index (χ1v) is 7.39. The van der Waals surface area contributed by atoms with E-state index in [1.807, 2.05) is 0 Å². The Labute approximate surface area is 131 Å². The molecule has 7 heteroatoms.